The second kappa shape index (κ2) is 7.19. The molecule has 1 aliphatic rings. The second-order valence-electron chi connectivity index (χ2n) is 4.65. The lowest BCUT2D eigenvalue weighted by atomic mass is 10.1. The predicted octanol–water partition coefficient (Wildman–Crippen LogP) is 2.83. The molecule has 23 heavy (non-hydrogen) atoms. The van der Waals surface area contributed by atoms with E-state index in [0.29, 0.717) is 28.7 Å². The molecule has 122 valence electrons. The predicted molar refractivity (Wildman–Crippen MR) is 87.6 cm³/mol. The Morgan fingerprint density at radius 2 is 2.09 bits per heavy atom. The summed E-state index contributed by atoms with van der Waals surface area (Å²) in [5.41, 5.74) is 0.682. The lowest BCUT2D eigenvalue weighted by Gasteiger charge is -2.11. The van der Waals surface area contributed by atoms with E-state index in [1.807, 2.05) is 6.92 Å². The summed E-state index contributed by atoms with van der Waals surface area (Å²) in [4.78, 5) is 25.0. The minimum Gasteiger partial charge on any atom is -0.493 e. The highest BCUT2D eigenvalue weighted by Crippen LogP contribution is 2.34. The SMILES string of the molecule is C=CCN1C(=O)N/C(=C/c2cc(OC)c(OCC)cc2Cl)C1=O. The Morgan fingerprint density at radius 1 is 1.35 bits per heavy atom. The van der Waals surface area contributed by atoms with Crippen molar-refractivity contribution in [3.05, 3.63) is 41.1 Å². The first kappa shape index (κ1) is 16.9. The van der Waals surface area contributed by atoms with Gasteiger partial charge in [-0.25, -0.2) is 4.79 Å². The molecule has 0 bridgehead atoms. The van der Waals surface area contributed by atoms with Gasteiger partial charge in [-0.1, -0.05) is 17.7 Å². The zero-order chi connectivity index (χ0) is 17.0. The van der Waals surface area contributed by atoms with E-state index in [0.717, 1.165) is 4.90 Å². The van der Waals surface area contributed by atoms with Gasteiger partial charge in [0, 0.05) is 12.6 Å². The maximum atomic E-state index is 12.2. The Hall–Kier alpha value is -2.47. The third-order valence-corrected chi connectivity index (χ3v) is 3.48. The van der Waals surface area contributed by atoms with E-state index in [4.69, 9.17) is 21.1 Å². The zero-order valence-corrected chi connectivity index (χ0v) is 13.6. The summed E-state index contributed by atoms with van der Waals surface area (Å²) in [6.45, 7) is 5.98. The molecule has 1 fully saturated rings. The van der Waals surface area contributed by atoms with Gasteiger partial charge in [-0.3, -0.25) is 9.69 Å². The molecular formula is C16H17ClN2O4. The topological polar surface area (TPSA) is 67.9 Å². The molecule has 0 saturated carbocycles. The first-order chi connectivity index (χ1) is 11.0. The summed E-state index contributed by atoms with van der Waals surface area (Å²) in [5.74, 6) is 0.568. The normalized spacial score (nSPS) is 15.8. The average molecular weight is 337 g/mol. The maximum absolute atomic E-state index is 12.2. The lowest BCUT2D eigenvalue weighted by molar-refractivity contribution is -0.122. The van der Waals surface area contributed by atoms with Gasteiger partial charge in [-0.15, -0.1) is 6.58 Å². The van der Waals surface area contributed by atoms with Gasteiger partial charge in [-0.05, 0) is 24.6 Å². The number of halogens is 1. The molecule has 0 spiro atoms. The Bertz CT molecular complexity index is 685. The molecule has 0 atom stereocenters. The molecule has 1 heterocycles. The van der Waals surface area contributed by atoms with Crippen LogP contribution < -0.4 is 14.8 Å². The van der Waals surface area contributed by atoms with Crippen LogP contribution in [0.4, 0.5) is 4.79 Å². The number of imide groups is 1. The molecule has 0 aliphatic carbocycles. The molecule has 0 radical (unpaired) electrons. The fraction of sp³-hybridized carbons (Fsp3) is 0.250. The summed E-state index contributed by atoms with van der Waals surface area (Å²) in [6, 6.07) is 2.77. The standard InChI is InChI=1S/C16H17ClN2O4/c1-4-6-19-15(20)12(18-16(19)21)7-10-8-13(22-3)14(23-5-2)9-11(10)17/h4,7-9H,1,5-6H2,2-3H3,(H,18,21)/b12-7+. The number of urea groups is 1. The molecule has 1 N–H and O–H groups in total. The number of nitrogens with zero attached hydrogens (tertiary/aromatic N) is 1. The number of methoxy groups -OCH3 is 1. The molecule has 6 nitrogen and oxygen atoms in total. The van der Waals surface area contributed by atoms with Crippen LogP contribution in [0.3, 0.4) is 0 Å². The van der Waals surface area contributed by atoms with Crippen molar-refractivity contribution in [3.63, 3.8) is 0 Å². The van der Waals surface area contributed by atoms with Crippen LogP contribution in [-0.2, 0) is 4.79 Å². The summed E-state index contributed by atoms with van der Waals surface area (Å²) < 4.78 is 10.7. The quantitative estimate of drug-likeness (QED) is 0.493. The molecule has 2 rings (SSSR count). The fourth-order valence-corrected chi connectivity index (χ4v) is 2.32. The average Bonchev–Trinajstić information content (AvgIpc) is 2.78. The smallest absolute Gasteiger partial charge is 0.329 e. The Morgan fingerprint density at radius 3 is 2.70 bits per heavy atom. The van der Waals surface area contributed by atoms with Crippen molar-refractivity contribution < 1.29 is 19.1 Å². The van der Waals surface area contributed by atoms with Gasteiger partial charge in [0.2, 0.25) is 0 Å². The third kappa shape index (κ3) is 3.48. The second-order valence-corrected chi connectivity index (χ2v) is 5.06. The molecule has 0 aromatic heterocycles. The van der Waals surface area contributed by atoms with E-state index < -0.39 is 11.9 Å². The minimum absolute atomic E-state index is 0.141. The van der Waals surface area contributed by atoms with Gasteiger partial charge in [-0.2, -0.15) is 0 Å². The van der Waals surface area contributed by atoms with Crippen molar-refractivity contribution in [2.24, 2.45) is 0 Å². The van der Waals surface area contributed by atoms with Crippen LogP contribution in [0.5, 0.6) is 11.5 Å². The number of nitrogens with one attached hydrogen (secondary N) is 1. The molecule has 1 aliphatic heterocycles. The summed E-state index contributed by atoms with van der Waals surface area (Å²) in [7, 11) is 1.51. The van der Waals surface area contributed by atoms with Gasteiger partial charge in [0.25, 0.3) is 5.91 Å². The summed E-state index contributed by atoms with van der Waals surface area (Å²) in [5, 5.41) is 2.89. The van der Waals surface area contributed by atoms with Crippen LogP contribution in [0.15, 0.2) is 30.5 Å². The fourth-order valence-electron chi connectivity index (χ4n) is 2.11. The number of ether oxygens (including phenoxy) is 2. The van der Waals surface area contributed by atoms with Crippen LogP contribution in [-0.4, -0.2) is 37.1 Å². The molecule has 1 saturated heterocycles. The number of hydrogen-bond acceptors (Lipinski definition) is 4. The van der Waals surface area contributed by atoms with Crippen LogP contribution in [0.25, 0.3) is 6.08 Å². The molecule has 3 amide bonds. The number of carbonyl (C=O) groups is 2. The van der Waals surface area contributed by atoms with E-state index in [2.05, 4.69) is 11.9 Å². The van der Waals surface area contributed by atoms with Gasteiger partial charge >= 0.3 is 6.03 Å². The van der Waals surface area contributed by atoms with E-state index in [-0.39, 0.29) is 12.2 Å². The first-order valence-electron chi connectivity index (χ1n) is 6.97. The largest absolute Gasteiger partial charge is 0.493 e. The monoisotopic (exact) mass is 336 g/mol. The van der Waals surface area contributed by atoms with E-state index in [1.165, 1.54) is 19.3 Å². The van der Waals surface area contributed by atoms with Crippen molar-refractivity contribution in [1.29, 1.82) is 0 Å². The van der Waals surface area contributed by atoms with Gasteiger partial charge in [0.15, 0.2) is 11.5 Å². The van der Waals surface area contributed by atoms with Crippen LogP contribution >= 0.6 is 11.6 Å². The van der Waals surface area contributed by atoms with Gasteiger partial charge in [0.05, 0.1) is 18.7 Å². The van der Waals surface area contributed by atoms with E-state index in [9.17, 15) is 9.59 Å². The van der Waals surface area contributed by atoms with Crippen molar-refractivity contribution >= 4 is 29.6 Å². The molecule has 0 unspecified atom stereocenters. The van der Waals surface area contributed by atoms with Gasteiger partial charge < -0.3 is 14.8 Å². The Kier molecular flexibility index (Phi) is 5.28. The first-order valence-corrected chi connectivity index (χ1v) is 7.35. The number of rotatable bonds is 6. The number of amides is 3. The van der Waals surface area contributed by atoms with Crippen LogP contribution in [0.1, 0.15) is 12.5 Å². The minimum atomic E-state index is -0.491. The number of carbonyl (C=O) groups excluding carboxylic acids is 2. The molecule has 1 aromatic rings. The van der Waals surface area contributed by atoms with Crippen molar-refractivity contribution in [3.8, 4) is 11.5 Å². The molecular weight excluding hydrogens is 320 g/mol. The Labute approximate surface area is 139 Å². The third-order valence-electron chi connectivity index (χ3n) is 3.16. The van der Waals surface area contributed by atoms with E-state index >= 15 is 0 Å². The van der Waals surface area contributed by atoms with Crippen molar-refractivity contribution in [1.82, 2.24) is 10.2 Å². The zero-order valence-electron chi connectivity index (χ0n) is 12.9. The summed E-state index contributed by atoms with van der Waals surface area (Å²) in [6.07, 6.45) is 2.98. The Balaban J connectivity index is 2.37. The summed E-state index contributed by atoms with van der Waals surface area (Å²) >= 11 is 6.22. The van der Waals surface area contributed by atoms with E-state index in [1.54, 1.807) is 12.1 Å². The highest BCUT2D eigenvalue weighted by molar-refractivity contribution is 6.32. The van der Waals surface area contributed by atoms with Crippen LogP contribution in [0.2, 0.25) is 5.02 Å². The van der Waals surface area contributed by atoms with Crippen LogP contribution in [0, 0.1) is 0 Å². The van der Waals surface area contributed by atoms with Crippen molar-refractivity contribution in [2.75, 3.05) is 20.3 Å². The maximum Gasteiger partial charge on any atom is 0.329 e. The lowest BCUT2D eigenvalue weighted by Crippen LogP contribution is -2.30. The van der Waals surface area contributed by atoms with Crippen molar-refractivity contribution in [2.45, 2.75) is 6.92 Å². The highest BCUT2D eigenvalue weighted by atomic mass is 35.5. The molecule has 7 heteroatoms. The number of benzene rings is 1. The number of hydrogen-bond donors (Lipinski definition) is 1. The highest BCUT2D eigenvalue weighted by Gasteiger charge is 2.32. The molecule has 1 aromatic carbocycles. The van der Waals surface area contributed by atoms with Gasteiger partial charge in [0.1, 0.15) is 5.70 Å².